The van der Waals surface area contributed by atoms with Gasteiger partial charge < -0.3 is 29.9 Å². The van der Waals surface area contributed by atoms with Crippen LogP contribution in [0.25, 0.3) is 10.8 Å². The normalized spacial score (nSPS) is 14.9. The third kappa shape index (κ3) is 11.4. The zero-order valence-corrected chi connectivity index (χ0v) is 37.8. The Kier molecular flexibility index (Phi) is 14.6. The number of aliphatic carboxylic acids is 1. The molecule has 1 aliphatic rings. The summed E-state index contributed by atoms with van der Waals surface area (Å²) in [7, 11) is -20.6. The van der Waals surface area contributed by atoms with Crippen LogP contribution < -0.4 is 14.5 Å². The number of nitrogens with zero attached hydrogens (tertiary/aromatic N) is 8. The maximum Gasteiger partial charge on any atom is 0.355 e. The number of phenolic OH excluding ortho intramolecular Hbond substituents is 1. The summed E-state index contributed by atoms with van der Waals surface area (Å²) in [6.07, 6.45) is 0. The lowest BCUT2D eigenvalue weighted by Crippen LogP contribution is -2.33. The second-order valence-corrected chi connectivity index (χ2v) is 19.4. The van der Waals surface area contributed by atoms with E-state index in [0.717, 1.165) is 54.6 Å². The number of ether oxygens (including phenoxy) is 2. The van der Waals surface area contributed by atoms with Gasteiger partial charge >= 0.3 is 5.97 Å². The highest BCUT2D eigenvalue weighted by Crippen LogP contribution is 2.47. The number of aryl methyl sites for hydroxylation is 1. The number of aliphatic hydroxyl groups is 2. The highest BCUT2D eigenvalue weighted by molar-refractivity contribution is 7.87. The number of fused-ring (bicyclic) bond motifs is 1. The number of carbonyl (C=O) groups is 2. The van der Waals surface area contributed by atoms with Crippen LogP contribution in [0.15, 0.2) is 128 Å². The number of anilines is 1. The summed E-state index contributed by atoms with van der Waals surface area (Å²) >= 11 is 0. The van der Waals surface area contributed by atoms with E-state index in [1.807, 2.05) is 0 Å². The van der Waals surface area contributed by atoms with Crippen molar-refractivity contribution in [2.75, 3.05) is 31.4 Å². The van der Waals surface area contributed by atoms with E-state index < -0.39 is 138 Å². The first-order chi connectivity index (χ1) is 32.2. The highest BCUT2D eigenvalue weighted by Gasteiger charge is 2.41. The van der Waals surface area contributed by atoms with Crippen LogP contribution in [-0.4, -0.2) is 122 Å². The van der Waals surface area contributed by atoms with Crippen molar-refractivity contribution in [1.29, 1.82) is 0 Å². The third-order valence-corrected chi connectivity index (χ3v) is 12.7. The fourth-order valence-electron chi connectivity index (χ4n) is 6.16. The molecule has 364 valence electrons. The summed E-state index contributed by atoms with van der Waals surface area (Å²) in [5, 5.41) is 65.7. The number of aromatic hydroxyl groups is 1. The summed E-state index contributed by atoms with van der Waals surface area (Å²) < 4.78 is 149. The topological polar surface area (TPSA) is 441 Å². The second kappa shape index (κ2) is 19.8. The van der Waals surface area contributed by atoms with Gasteiger partial charge in [0.15, 0.2) is 11.5 Å². The van der Waals surface area contributed by atoms with Crippen LogP contribution in [0.2, 0.25) is 0 Å². The minimum Gasteiger partial charge on any atom is -0.505 e. The minimum atomic E-state index is -5.57. The minimum absolute atomic E-state index is 0.213. The summed E-state index contributed by atoms with van der Waals surface area (Å²) in [5.74, 6) is -4.83. The molecule has 1 atom stereocenters. The highest BCUT2D eigenvalue weighted by atomic mass is 32.2. The molecule has 0 bridgehead atoms. The summed E-state index contributed by atoms with van der Waals surface area (Å²) in [6, 6.07) is 9.60. The lowest BCUT2D eigenvalue weighted by molar-refractivity contribution is -0.130. The van der Waals surface area contributed by atoms with E-state index in [4.69, 9.17) is 9.47 Å². The van der Waals surface area contributed by atoms with Crippen LogP contribution in [0.4, 0.5) is 34.1 Å². The zero-order valence-electron chi connectivity index (χ0n) is 34.5. The van der Waals surface area contributed by atoms with Gasteiger partial charge in [-0.05, 0) is 67.1 Å². The maximum atomic E-state index is 13.3. The fraction of sp³-hybridized carbons (Fsp3) is 0.162. The molecule has 6 rings (SSSR count). The van der Waals surface area contributed by atoms with Crippen molar-refractivity contribution in [3.05, 3.63) is 78.4 Å². The molecule has 1 heterocycles. The molecule has 0 aliphatic carbocycles. The van der Waals surface area contributed by atoms with Crippen LogP contribution in [0.3, 0.4) is 0 Å². The van der Waals surface area contributed by atoms with E-state index in [1.165, 1.54) is 12.1 Å². The van der Waals surface area contributed by atoms with Gasteiger partial charge in [0.1, 0.15) is 67.8 Å². The van der Waals surface area contributed by atoms with Crippen molar-refractivity contribution >= 4 is 103 Å². The van der Waals surface area contributed by atoms with Gasteiger partial charge in [-0.1, -0.05) is 6.07 Å². The van der Waals surface area contributed by atoms with E-state index in [-0.39, 0.29) is 34.2 Å². The van der Waals surface area contributed by atoms with Gasteiger partial charge in [0.05, 0.1) is 23.8 Å². The number of carbonyl (C=O) groups excluding carboxylic acids is 1. The SMILES string of the molecule is Cc1ccc(N=Nc2cc(OCCO)c(N=Nc3c(S(=O)(=O)O)cc4c(S(=O)(=O)O)c(N=NC5C(=O)N(c6ccc(S(=O)(=O)O)cc6)N=C5C(=O)O)ccc4c3O)cc2OCCO)c(S(=O)(=O)O)c1. The number of carboxylic acids is 1. The fourth-order valence-corrected chi connectivity index (χ4v) is 8.81. The van der Waals surface area contributed by atoms with Crippen LogP contribution in [-0.2, 0) is 50.1 Å². The molecule has 69 heavy (non-hydrogen) atoms. The summed E-state index contributed by atoms with van der Waals surface area (Å²) in [5.41, 5.74) is -3.64. The van der Waals surface area contributed by atoms with Gasteiger partial charge in [-0.25, -0.2) is 4.79 Å². The molecule has 0 saturated carbocycles. The lowest BCUT2D eigenvalue weighted by atomic mass is 10.1. The predicted octanol–water partition coefficient (Wildman–Crippen LogP) is 4.35. The average Bonchev–Trinajstić information content (AvgIpc) is 3.60. The molecule has 0 radical (unpaired) electrons. The summed E-state index contributed by atoms with van der Waals surface area (Å²) in [4.78, 5) is 21.6. The molecule has 8 N–H and O–H groups in total. The first kappa shape index (κ1) is 51.1. The molecule has 0 fully saturated rings. The van der Waals surface area contributed by atoms with Crippen molar-refractivity contribution in [2.24, 2.45) is 35.8 Å². The second-order valence-electron chi connectivity index (χ2n) is 13.8. The monoisotopic (exact) mass is 1040 g/mol. The molecular weight excluding hydrogens is 1000 g/mol. The molecule has 1 amide bonds. The van der Waals surface area contributed by atoms with Gasteiger partial charge in [0.25, 0.3) is 46.4 Å². The quantitative estimate of drug-likeness (QED) is 0.0446. The number of phenols is 1. The molecule has 32 heteroatoms. The van der Waals surface area contributed by atoms with E-state index >= 15 is 0 Å². The summed E-state index contributed by atoms with van der Waals surface area (Å²) in [6.45, 7) is -0.432. The molecule has 1 unspecified atom stereocenters. The van der Waals surface area contributed by atoms with Crippen molar-refractivity contribution in [2.45, 2.75) is 32.5 Å². The average molecular weight is 1040 g/mol. The van der Waals surface area contributed by atoms with E-state index in [0.29, 0.717) is 16.6 Å². The van der Waals surface area contributed by atoms with Gasteiger partial charge in [-0.2, -0.15) is 54.0 Å². The molecule has 5 aromatic carbocycles. The Labute approximate surface area is 388 Å². The molecule has 5 aromatic rings. The third-order valence-electron chi connectivity index (χ3n) is 9.14. The van der Waals surface area contributed by atoms with E-state index in [2.05, 4.69) is 35.8 Å². The van der Waals surface area contributed by atoms with Gasteiger partial charge in [-0.3, -0.25) is 23.0 Å². The number of benzene rings is 5. The molecule has 0 aromatic heterocycles. The van der Waals surface area contributed by atoms with Crippen LogP contribution in [0.5, 0.6) is 17.2 Å². The smallest absolute Gasteiger partial charge is 0.355 e. The first-order valence-corrected chi connectivity index (χ1v) is 24.5. The number of hydrazone groups is 1. The number of rotatable bonds is 18. The van der Waals surface area contributed by atoms with E-state index in [1.54, 1.807) is 6.92 Å². The largest absolute Gasteiger partial charge is 0.505 e. The van der Waals surface area contributed by atoms with Gasteiger partial charge in [0, 0.05) is 22.9 Å². The van der Waals surface area contributed by atoms with Crippen LogP contribution in [0, 0.1) is 6.92 Å². The first-order valence-electron chi connectivity index (χ1n) is 18.7. The number of carboxylic acid groups (broad SMARTS) is 1. The van der Waals surface area contributed by atoms with Crippen molar-refractivity contribution in [3.63, 3.8) is 0 Å². The number of hydrogen-bond donors (Lipinski definition) is 8. The lowest BCUT2D eigenvalue weighted by Gasteiger charge is -2.14. The van der Waals surface area contributed by atoms with Gasteiger partial charge in [0.2, 0.25) is 6.04 Å². The molecule has 28 nitrogen and oxygen atoms in total. The Hall–Kier alpha value is -7.27. The van der Waals surface area contributed by atoms with Crippen molar-refractivity contribution < 1.29 is 91.4 Å². The Morgan fingerprint density at radius 2 is 1.20 bits per heavy atom. The molecule has 0 spiro atoms. The number of azo groups is 3. The Morgan fingerprint density at radius 1 is 0.652 bits per heavy atom. The maximum absolute atomic E-state index is 13.3. The zero-order chi connectivity index (χ0) is 50.8. The van der Waals surface area contributed by atoms with Gasteiger partial charge in [-0.15, -0.1) is 20.5 Å². The number of amides is 1. The van der Waals surface area contributed by atoms with E-state index in [9.17, 15) is 81.9 Å². The van der Waals surface area contributed by atoms with Crippen LogP contribution in [0.1, 0.15) is 5.56 Å². The predicted molar refractivity (Wildman–Crippen MR) is 233 cm³/mol. The molecular formula is C37H32N8O20S4. The number of aliphatic hydroxyl groups excluding tert-OH is 2. The standard InChI is InChI=1S/C37H32N8O20S4/c1-18-2-8-23(29(14-18)67(55,56)57)38-40-25-16-28(65-13-11-47)26(17-27(25)64-12-10-46)41-42-31-30(68(58,59)60)15-22-21(34(31)48)7-9-24(35(22)69(61,62)63)39-43-32-33(37(50)51)44-45(36(32)49)19-3-5-20(6-4-19)66(52,53)54/h2-9,14-17,32,46-48H,10-13H2,1H3,(H,50,51)(H,52,53,54)(H,55,56,57)(H,58,59,60)(H,61,62,63). The molecule has 0 saturated heterocycles. The Bertz CT molecular complexity index is 3510. The number of hydrogen-bond acceptors (Lipinski definition) is 22. The Morgan fingerprint density at radius 3 is 1.72 bits per heavy atom. The van der Waals surface area contributed by atoms with Crippen molar-refractivity contribution in [1.82, 2.24) is 0 Å². The Balaban J connectivity index is 1.46. The molecule has 1 aliphatic heterocycles. The van der Waals surface area contributed by atoms with Crippen molar-refractivity contribution in [3.8, 4) is 17.2 Å². The van der Waals surface area contributed by atoms with Crippen LogP contribution >= 0.6 is 0 Å².